The number of pyridine rings is 1. The number of carbonyl (C=O) groups is 1. The third kappa shape index (κ3) is 3.06. The van der Waals surface area contributed by atoms with Crippen LogP contribution in [0.4, 0.5) is 0 Å². The van der Waals surface area contributed by atoms with Crippen molar-refractivity contribution < 1.29 is 4.79 Å². The van der Waals surface area contributed by atoms with Crippen molar-refractivity contribution in [2.45, 2.75) is 37.6 Å². The Morgan fingerprint density at radius 1 is 1.48 bits per heavy atom. The molecule has 0 radical (unpaired) electrons. The number of aromatic amines is 1. The van der Waals surface area contributed by atoms with Gasteiger partial charge >= 0.3 is 0 Å². The van der Waals surface area contributed by atoms with E-state index in [4.69, 9.17) is 12.2 Å². The number of carbonyl (C=O) groups excluding carboxylic acids is 1. The van der Waals surface area contributed by atoms with E-state index in [1.807, 2.05) is 22.9 Å². The SMILES string of the molecule is O=C(NCCn1c(C2CC2)n[nH]c1=S)[C@@H]1C[C@@H]1c1cccnc1. The molecule has 0 aromatic carbocycles. The van der Waals surface area contributed by atoms with Crippen molar-refractivity contribution >= 4 is 18.1 Å². The summed E-state index contributed by atoms with van der Waals surface area (Å²) < 4.78 is 2.65. The first-order chi connectivity index (χ1) is 11.2. The van der Waals surface area contributed by atoms with Gasteiger partial charge < -0.3 is 9.88 Å². The number of hydrogen-bond acceptors (Lipinski definition) is 4. The van der Waals surface area contributed by atoms with Gasteiger partial charge in [0.1, 0.15) is 5.82 Å². The van der Waals surface area contributed by atoms with Crippen LogP contribution in [0.2, 0.25) is 0 Å². The highest BCUT2D eigenvalue weighted by Crippen LogP contribution is 2.47. The smallest absolute Gasteiger partial charge is 0.223 e. The molecule has 0 spiro atoms. The normalized spacial score (nSPS) is 22.8. The molecule has 4 rings (SSSR count). The van der Waals surface area contributed by atoms with Crippen molar-refractivity contribution in [1.29, 1.82) is 0 Å². The maximum Gasteiger partial charge on any atom is 0.223 e. The monoisotopic (exact) mass is 329 g/mol. The van der Waals surface area contributed by atoms with Gasteiger partial charge in [0, 0.05) is 37.3 Å². The van der Waals surface area contributed by atoms with Crippen molar-refractivity contribution in [1.82, 2.24) is 25.1 Å². The minimum atomic E-state index is 0.0828. The van der Waals surface area contributed by atoms with E-state index in [1.165, 1.54) is 12.8 Å². The average molecular weight is 329 g/mol. The van der Waals surface area contributed by atoms with Crippen LogP contribution in [0.15, 0.2) is 24.5 Å². The van der Waals surface area contributed by atoms with E-state index in [0.29, 0.717) is 29.7 Å². The first-order valence-corrected chi connectivity index (χ1v) is 8.47. The van der Waals surface area contributed by atoms with Crippen LogP contribution in [-0.4, -0.2) is 32.2 Å². The van der Waals surface area contributed by atoms with Crippen LogP contribution in [-0.2, 0) is 11.3 Å². The van der Waals surface area contributed by atoms with E-state index in [-0.39, 0.29) is 11.8 Å². The van der Waals surface area contributed by atoms with Gasteiger partial charge in [-0.2, -0.15) is 5.10 Å². The van der Waals surface area contributed by atoms with E-state index in [2.05, 4.69) is 20.5 Å². The highest BCUT2D eigenvalue weighted by molar-refractivity contribution is 7.71. The lowest BCUT2D eigenvalue weighted by Crippen LogP contribution is -2.29. The molecule has 2 saturated carbocycles. The summed E-state index contributed by atoms with van der Waals surface area (Å²) >= 11 is 5.27. The van der Waals surface area contributed by atoms with Gasteiger partial charge in [-0.05, 0) is 49.0 Å². The third-order valence-corrected chi connectivity index (χ3v) is 4.92. The number of aromatic nitrogens is 4. The van der Waals surface area contributed by atoms with Crippen LogP contribution in [0.1, 0.15) is 42.5 Å². The Labute approximate surface area is 139 Å². The lowest BCUT2D eigenvalue weighted by Gasteiger charge is -2.08. The van der Waals surface area contributed by atoms with Gasteiger partial charge in [0.05, 0.1) is 0 Å². The number of rotatable bonds is 6. The fourth-order valence-corrected chi connectivity index (χ4v) is 3.30. The Morgan fingerprint density at radius 3 is 3.09 bits per heavy atom. The Bertz CT molecular complexity index is 764. The van der Waals surface area contributed by atoms with E-state index >= 15 is 0 Å². The molecular weight excluding hydrogens is 310 g/mol. The highest BCUT2D eigenvalue weighted by Gasteiger charge is 2.43. The largest absolute Gasteiger partial charge is 0.354 e. The Morgan fingerprint density at radius 2 is 2.35 bits per heavy atom. The summed E-state index contributed by atoms with van der Waals surface area (Å²) in [6, 6.07) is 3.96. The maximum atomic E-state index is 12.2. The topological polar surface area (TPSA) is 75.6 Å². The molecule has 120 valence electrons. The summed E-state index contributed by atoms with van der Waals surface area (Å²) in [5.74, 6) is 2.10. The summed E-state index contributed by atoms with van der Waals surface area (Å²) in [5.41, 5.74) is 1.15. The number of nitrogens with one attached hydrogen (secondary N) is 2. The number of amides is 1. The first kappa shape index (κ1) is 14.6. The summed E-state index contributed by atoms with van der Waals surface area (Å²) in [5, 5.41) is 10.2. The summed E-state index contributed by atoms with van der Waals surface area (Å²) in [6.07, 6.45) is 6.88. The van der Waals surface area contributed by atoms with Crippen LogP contribution < -0.4 is 5.32 Å². The zero-order valence-corrected chi connectivity index (χ0v) is 13.6. The van der Waals surface area contributed by atoms with E-state index in [0.717, 1.165) is 17.8 Å². The molecule has 23 heavy (non-hydrogen) atoms. The fraction of sp³-hybridized carbons (Fsp3) is 0.500. The predicted octanol–water partition coefficient (Wildman–Crippen LogP) is 2.13. The predicted molar refractivity (Wildman–Crippen MR) is 87.5 cm³/mol. The fourth-order valence-electron chi connectivity index (χ4n) is 3.07. The van der Waals surface area contributed by atoms with Gasteiger partial charge in [-0.25, -0.2) is 0 Å². The molecule has 2 aliphatic rings. The van der Waals surface area contributed by atoms with Crippen LogP contribution in [0.25, 0.3) is 0 Å². The molecule has 1 amide bonds. The van der Waals surface area contributed by atoms with E-state index < -0.39 is 0 Å². The molecule has 2 aromatic rings. The number of hydrogen-bond donors (Lipinski definition) is 2. The average Bonchev–Trinajstić information content (AvgIpc) is 3.47. The number of nitrogens with zero attached hydrogens (tertiary/aromatic N) is 3. The lowest BCUT2D eigenvalue weighted by molar-refractivity contribution is -0.122. The van der Waals surface area contributed by atoms with Gasteiger partial charge in [0.25, 0.3) is 0 Å². The van der Waals surface area contributed by atoms with Crippen LogP contribution in [0.5, 0.6) is 0 Å². The summed E-state index contributed by atoms with van der Waals surface area (Å²) in [7, 11) is 0. The van der Waals surface area contributed by atoms with Crippen molar-refractivity contribution in [3.63, 3.8) is 0 Å². The minimum Gasteiger partial charge on any atom is -0.354 e. The second-order valence-electron chi connectivity index (χ2n) is 6.34. The quantitative estimate of drug-likeness (QED) is 0.796. The molecule has 7 heteroatoms. The van der Waals surface area contributed by atoms with Crippen LogP contribution >= 0.6 is 12.2 Å². The zero-order valence-electron chi connectivity index (χ0n) is 12.7. The summed E-state index contributed by atoms with van der Waals surface area (Å²) in [6.45, 7) is 1.26. The first-order valence-electron chi connectivity index (χ1n) is 8.07. The Hall–Kier alpha value is -2.02. The van der Waals surface area contributed by atoms with E-state index in [1.54, 1.807) is 6.20 Å². The van der Waals surface area contributed by atoms with Crippen LogP contribution in [0.3, 0.4) is 0 Å². The number of H-pyrrole nitrogens is 1. The second kappa shape index (κ2) is 5.88. The molecule has 0 bridgehead atoms. The maximum absolute atomic E-state index is 12.2. The Kier molecular flexibility index (Phi) is 3.72. The zero-order chi connectivity index (χ0) is 15.8. The molecule has 0 saturated heterocycles. The van der Waals surface area contributed by atoms with Crippen LogP contribution in [0, 0.1) is 10.7 Å². The van der Waals surface area contributed by atoms with Gasteiger partial charge in [-0.15, -0.1) is 0 Å². The van der Waals surface area contributed by atoms with Gasteiger partial charge in [-0.3, -0.25) is 14.9 Å². The molecule has 2 aromatic heterocycles. The third-order valence-electron chi connectivity index (χ3n) is 4.60. The lowest BCUT2D eigenvalue weighted by atomic mass is 10.1. The van der Waals surface area contributed by atoms with Crippen molar-refractivity contribution in [2.24, 2.45) is 5.92 Å². The molecule has 0 aliphatic heterocycles. The Balaban J connectivity index is 1.30. The van der Waals surface area contributed by atoms with Crippen molar-refractivity contribution in [2.75, 3.05) is 6.54 Å². The highest BCUT2D eigenvalue weighted by atomic mass is 32.1. The molecule has 2 N–H and O–H groups in total. The second-order valence-corrected chi connectivity index (χ2v) is 6.73. The van der Waals surface area contributed by atoms with Gasteiger partial charge in [0.15, 0.2) is 4.77 Å². The van der Waals surface area contributed by atoms with E-state index in [9.17, 15) is 4.79 Å². The standard InChI is InChI=1S/C16H19N5OS/c22-15(13-8-12(13)11-2-1-5-17-9-11)18-6-7-21-14(10-3-4-10)19-20-16(21)23/h1-2,5,9-10,12-13H,3-4,6-8H2,(H,18,22)(H,20,23)/t12-,13-/m1/s1. The molecule has 0 unspecified atom stereocenters. The van der Waals surface area contributed by atoms with Crippen molar-refractivity contribution in [3.8, 4) is 0 Å². The molecule has 2 aliphatic carbocycles. The molecular formula is C16H19N5OS. The summed E-state index contributed by atoms with van der Waals surface area (Å²) in [4.78, 5) is 16.4. The molecule has 2 fully saturated rings. The molecule has 2 atom stereocenters. The van der Waals surface area contributed by atoms with Gasteiger partial charge in [-0.1, -0.05) is 6.07 Å². The van der Waals surface area contributed by atoms with Gasteiger partial charge in [0.2, 0.25) is 5.91 Å². The molecule has 2 heterocycles. The molecule has 6 nitrogen and oxygen atoms in total. The minimum absolute atomic E-state index is 0.0828. The van der Waals surface area contributed by atoms with Crippen molar-refractivity contribution in [3.05, 3.63) is 40.7 Å².